The molecule has 13 heavy (non-hydrogen) atoms. The van der Waals surface area contributed by atoms with Crippen LogP contribution >= 0.6 is 0 Å². The Morgan fingerprint density at radius 1 is 1.77 bits per heavy atom. The number of rotatable bonds is 3. The van der Waals surface area contributed by atoms with Gasteiger partial charge in [0.1, 0.15) is 0 Å². The molecule has 1 rings (SSSR count). The zero-order valence-electron chi connectivity index (χ0n) is 7.60. The van der Waals surface area contributed by atoms with Gasteiger partial charge in [0.05, 0.1) is 10.6 Å². The maximum atomic E-state index is 10.1. The van der Waals surface area contributed by atoms with E-state index in [2.05, 4.69) is 5.10 Å². The van der Waals surface area contributed by atoms with Crippen molar-refractivity contribution in [1.29, 1.82) is 0 Å². The Kier molecular flexibility index (Phi) is 2.79. The molecule has 1 aromatic heterocycles. The molecular formula is C8H11N3O2. The second-order valence-electron chi connectivity index (χ2n) is 2.66. The van der Waals surface area contributed by atoms with E-state index in [-0.39, 0.29) is 0 Å². The minimum atomic E-state index is -0.480. The molecule has 0 radical (unpaired) electrons. The highest BCUT2D eigenvalue weighted by Crippen LogP contribution is 2.08. The van der Waals surface area contributed by atoms with Crippen LogP contribution in [0.5, 0.6) is 0 Å². The van der Waals surface area contributed by atoms with Gasteiger partial charge >= 0.3 is 0 Å². The van der Waals surface area contributed by atoms with Crippen LogP contribution in [0, 0.1) is 10.1 Å². The Hall–Kier alpha value is -1.65. The summed E-state index contributed by atoms with van der Waals surface area (Å²) in [6, 6.07) is 0. The van der Waals surface area contributed by atoms with Crippen molar-refractivity contribution in [2.75, 3.05) is 0 Å². The molecule has 0 saturated carbocycles. The first-order valence-corrected chi connectivity index (χ1v) is 3.97. The fourth-order valence-electron chi connectivity index (χ4n) is 1.11. The van der Waals surface area contributed by atoms with Crippen LogP contribution in [-0.4, -0.2) is 14.7 Å². The van der Waals surface area contributed by atoms with Gasteiger partial charge < -0.3 is 0 Å². The lowest BCUT2D eigenvalue weighted by Crippen LogP contribution is -1.89. The molecule has 0 N–H and O–H groups in total. The van der Waals surface area contributed by atoms with E-state index < -0.39 is 4.92 Å². The molecule has 0 unspecified atom stereocenters. The minimum absolute atomic E-state index is 0.480. The number of nitro groups is 1. The molecule has 1 heterocycles. The Morgan fingerprint density at radius 2 is 2.46 bits per heavy atom. The largest absolute Gasteiger partial charge is 0.275 e. The molecule has 0 fully saturated rings. The number of aryl methyl sites for hydroxylation is 2. The van der Waals surface area contributed by atoms with Gasteiger partial charge in [-0.1, -0.05) is 6.92 Å². The maximum Gasteiger partial charge on any atom is 0.235 e. The molecule has 5 nitrogen and oxygen atoms in total. The van der Waals surface area contributed by atoms with Crippen molar-refractivity contribution < 1.29 is 4.92 Å². The van der Waals surface area contributed by atoms with Crippen molar-refractivity contribution in [2.24, 2.45) is 7.05 Å². The highest BCUT2D eigenvalue weighted by molar-refractivity contribution is 5.49. The maximum absolute atomic E-state index is 10.1. The first kappa shape index (κ1) is 9.44. The lowest BCUT2D eigenvalue weighted by Gasteiger charge is -1.88. The van der Waals surface area contributed by atoms with E-state index in [1.807, 2.05) is 6.92 Å². The molecule has 0 aliphatic carbocycles. The second-order valence-corrected chi connectivity index (χ2v) is 2.66. The summed E-state index contributed by atoms with van der Waals surface area (Å²) in [7, 11) is 1.79. The quantitative estimate of drug-likeness (QED) is 0.520. The molecule has 0 saturated heterocycles. The van der Waals surface area contributed by atoms with Crippen LogP contribution in [0.2, 0.25) is 0 Å². The molecule has 1 aromatic rings. The Morgan fingerprint density at radius 3 is 3.00 bits per heavy atom. The third-order valence-electron chi connectivity index (χ3n) is 1.65. The third-order valence-corrected chi connectivity index (χ3v) is 1.65. The average molecular weight is 181 g/mol. The van der Waals surface area contributed by atoms with Gasteiger partial charge in [0, 0.05) is 24.9 Å². The third kappa shape index (κ3) is 2.40. The van der Waals surface area contributed by atoms with Gasteiger partial charge in [-0.25, -0.2) is 0 Å². The summed E-state index contributed by atoms with van der Waals surface area (Å²) in [5, 5.41) is 14.2. The summed E-state index contributed by atoms with van der Waals surface area (Å²) in [6.07, 6.45) is 4.93. The standard InChI is InChI=1S/C8H11N3O2/c1-3-8-7(4-5-11(12)13)6-10(2)9-8/h4-6H,3H2,1-2H3/b5-4+. The molecule has 0 aliphatic rings. The van der Waals surface area contributed by atoms with Crippen molar-refractivity contribution in [2.45, 2.75) is 13.3 Å². The first-order valence-electron chi connectivity index (χ1n) is 3.97. The van der Waals surface area contributed by atoms with Gasteiger partial charge in [-0.3, -0.25) is 14.8 Å². The fraction of sp³-hybridized carbons (Fsp3) is 0.375. The molecule has 0 aromatic carbocycles. The summed E-state index contributed by atoms with van der Waals surface area (Å²) in [4.78, 5) is 9.59. The monoisotopic (exact) mass is 181 g/mol. The summed E-state index contributed by atoms with van der Waals surface area (Å²) in [6.45, 7) is 1.96. The predicted octanol–water partition coefficient (Wildman–Crippen LogP) is 1.23. The normalized spacial score (nSPS) is 10.9. The average Bonchev–Trinajstić information content (AvgIpc) is 2.42. The van der Waals surface area contributed by atoms with Crippen LogP contribution in [0.15, 0.2) is 12.4 Å². The van der Waals surface area contributed by atoms with Crippen LogP contribution in [0.4, 0.5) is 0 Å². The van der Waals surface area contributed by atoms with Crippen LogP contribution in [0.3, 0.4) is 0 Å². The summed E-state index contributed by atoms with van der Waals surface area (Å²) >= 11 is 0. The van der Waals surface area contributed by atoms with Crippen LogP contribution in [-0.2, 0) is 13.5 Å². The Balaban J connectivity index is 2.92. The van der Waals surface area contributed by atoms with E-state index in [0.717, 1.165) is 23.9 Å². The highest BCUT2D eigenvalue weighted by Gasteiger charge is 2.02. The molecule has 0 aliphatic heterocycles. The number of nitrogens with zero attached hydrogens (tertiary/aromatic N) is 3. The molecule has 70 valence electrons. The second kappa shape index (κ2) is 3.84. The first-order chi connectivity index (χ1) is 6.13. The molecular weight excluding hydrogens is 170 g/mol. The number of aromatic nitrogens is 2. The zero-order valence-corrected chi connectivity index (χ0v) is 7.60. The van der Waals surface area contributed by atoms with Crippen molar-refractivity contribution >= 4 is 6.08 Å². The summed E-state index contributed by atoms with van der Waals surface area (Å²) in [5.41, 5.74) is 1.68. The van der Waals surface area contributed by atoms with Gasteiger partial charge in [0.25, 0.3) is 0 Å². The Bertz CT molecular complexity index is 341. The van der Waals surface area contributed by atoms with E-state index >= 15 is 0 Å². The van der Waals surface area contributed by atoms with E-state index in [0.29, 0.717) is 0 Å². The van der Waals surface area contributed by atoms with E-state index in [1.54, 1.807) is 17.9 Å². The molecule has 0 spiro atoms. The molecule has 0 bridgehead atoms. The highest BCUT2D eigenvalue weighted by atomic mass is 16.6. The molecule has 0 amide bonds. The van der Waals surface area contributed by atoms with Crippen molar-refractivity contribution in [3.63, 3.8) is 0 Å². The van der Waals surface area contributed by atoms with Crippen molar-refractivity contribution in [3.05, 3.63) is 33.8 Å². The van der Waals surface area contributed by atoms with E-state index in [4.69, 9.17) is 0 Å². The van der Waals surface area contributed by atoms with Crippen LogP contribution < -0.4 is 0 Å². The minimum Gasteiger partial charge on any atom is -0.275 e. The van der Waals surface area contributed by atoms with Crippen molar-refractivity contribution in [1.82, 2.24) is 9.78 Å². The lowest BCUT2D eigenvalue weighted by atomic mass is 10.2. The van der Waals surface area contributed by atoms with Crippen molar-refractivity contribution in [3.8, 4) is 0 Å². The van der Waals surface area contributed by atoms with Gasteiger partial charge in [-0.15, -0.1) is 0 Å². The van der Waals surface area contributed by atoms with Gasteiger partial charge in [0.2, 0.25) is 6.20 Å². The Labute approximate surface area is 75.8 Å². The zero-order chi connectivity index (χ0) is 9.84. The SMILES string of the molecule is CCc1nn(C)cc1/C=C/[N+](=O)[O-]. The van der Waals surface area contributed by atoms with Crippen LogP contribution in [0.1, 0.15) is 18.2 Å². The number of hydrogen-bond acceptors (Lipinski definition) is 3. The van der Waals surface area contributed by atoms with E-state index in [9.17, 15) is 10.1 Å². The van der Waals surface area contributed by atoms with E-state index in [1.165, 1.54) is 6.08 Å². The summed E-state index contributed by atoms with van der Waals surface area (Å²) < 4.78 is 1.65. The smallest absolute Gasteiger partial charge is 0.235 e. The number of hydrogen-bond donors (Lipinski definition) is 0. The van der Waals surface area contributed by atoms with Gasteiger partial charge in [-0.05, 0) is 6.42 Å². The summed E-state index contributed by atoms with van der Waals surface area (Å²) in [5.74, 6) is 0. The topological polar surface area (TPSA) is 61.0 Å². The molecule has 0 atom stereocenters. The predicted molar refractivity (Wildman–Crippen MR) is 48.6 cm³/mol. The molecule has 5 heteroatoms. The van der Waals surface area contributed by atoms with Crippen LogP contribution in [0.25, 0.3) is 6.08 Å². The van der Waals surface area contributed by atoms with Gasteiger partial charge in [0.15, 0.2) is 0 Å². The fourth-order valence-corrected chi connectivity index (χ4v) is 1.11. The lowest BCUT2D eigenvalue weighted by molar-refractivity contribution is -0.400. The van der Waals surface area contributed by atoms with Gasteiger partial charge in [-0.2, -0.15) is 5.10 Å².